The molecule has 1 aromatic heterocycles. The van der Waals surface area contributed by atoms with Gasteiger partial charge in [0, 0.05) is 0 Å². The molecule has 0 spiro atoms. The van der Waals surface area contributed by atoms with E-state index in [0.717, 1.165) is 0 Å². The second kappa shape index (κ2) is 5.35. The fourth-order valence-electron chi connectivity index (χ4n) is 1.53. The molecule has 2 rings (SSSR count). The molecule has 94 valence electrons. The van der Waals surface area contributed by atoms with Crippen LogP contribution in [0.2, 0.25) is 0 Å². The van der Waals surface area contributed by atoms with Crippen LogP contribution in [0.3, 0.4) is 0 Å². The van der Waals surface area contributed by atoms with Crippen molar-refractivity contribution in [3.8, 4) is 17.4 Å². The average Bonchev–Trinajstić information content (AvgIpc) is 2.30. The standard InChI is InChI=1S/C13H14N2O3/c1-3-17-10-6-4-5-7-11(10)18-13-8-12(16)14-9(2)15-13/h4-8H,3H2,1-2H3,(H,14,15,16). The number of nitrogens with zero attached hydrogens (tertiary/aromatic N) is 1. The molecule has 5 heteroatoms. The minimum atomic E-state index is -0.244. The number of ether oxygens (including phenoxy) is 2. The van der Waals surface area contributed by atoms with Gasteiger partial charge in [-0.15, -0.1) is 0 Å². The highest BCUT2D eigenvalue weighted by molar-refractivity contribution is 5.41. The van der Waals surface area contributed by atoms with Crippen LogP contribution in [0.4, 0.5) is 0 Å². The zero-order valence-electron chi connectivity index (χ0n) is 10.3. The van der Waals surface area contributed by atoms with Gasteiger partial charge in [-0.25, -0.2) is 4.98 Å². The Morgan fingerprint density at radius 2 is 2.00 bits per heavy atom. The topological polar surface area (TPSA) is 64.2 Å². The maximum Gasteiger partial charge on any atom is 0.254 e. The summed E-state index contributed by atoms with van der Waals surface area (Å²) in [6, 6.07) is 8.56. The van der Waals surface area contributed by atoms with Gasteiger partial charge in [0.25, 0.3) is 5.56 Å². The van der Waals surface area contributed by atoms with Crippen molar-refractivity contribution in [1.29, 1.82) is 0 Å². The molecule has 1 N–H and O–H groups in total. The van der Waals surface area contributed by atoms with Gasteiger partial charge in [0.15, 0.2) is 11.5 Å². The number of para-hydroxylation sites is 2. The summed E-state index contributed by atoms with van der Waals surface area (Å²) >= 11 is 0. The summed E-state index contributed by atoms with van der Waals surface area (Å²) in [4.78, 5) is 18.0. The SMILES string of the molecule is CCOc1ccccc1Oc1cc(=O)[nH]c(C)n1. The molecule has 5 nitrogen and oxygen atoms in total. The van der Waals surface area contributed by atoms with E-state index in [1.165, 1.54) is 6.07 Å². The predicted octanol–water partition coefficient (Wildman–Crippen LogP) is 2.27. The highest BCUT2D eigenvalue weighted by Gasteiger charge is 2.06. The number of nitrogens with one attached hydrogen (secondary N) is 1. The minimum absolute atomic E-state index is 0.244. The molecular formula is C13H14N2O3. The molecule has 18 heavy (non-hydrogen) atoms. The molecular weight excluding hydrogens is 232 g/mol. The van der Waals surface area contributed by atoms with Crippen molar-refractivity contribution in [1.82, 2.24) is 9.97 Å². The number of H-pyrrole nitrogens is 1. The van der Waals surface area contributed by atoms with E-state index in [2.05, 4.69) is 9.97 Å². The van der Waals surface area contributed by atoms with Crippen molar-refractivity contribution in [2.24, 2.45) is 0 Å². The van der Waals surface area contributed by atoms with Crippen LogP contribution in [0.5, 0.6) is 17.4 Å². The summed E-state index contributed by atoms with van der Waals surface area (Å²) in [7, 11) is 0. The van der Waals surface area contributed by atoms with E-state index in [1.54, 1.807) is 19.1 Å². The van der Waals surface area contributed by atoms with E-state index >= 15 is 0 Å². The van der Waals surface area contributed by atoms with Gasteiger partial charge < -0.3 is 14.5 Å². The average molecular weight is 246 g/mol. The van der Waals surface area contributed by atoms with Gasteiger partial charge in [-0.05, 0) is 26.0 Å². The van der Waals surface area contributed by atoms with Crippen molar-refractivity contribution < 1.29 is 9.47 Å². The quantitative estimate of drug-likeness (QED) is 0.898. The number of aromatic amines is 1. The Labute approximate surface area is 104 Å². The fourth-order valence-corrected chi connectivity index (χ4v) is 1.53. The number of aryl methyl sites for hydroxylation is 1. The molecule has 2 aromatic rings. The lowest BCUT2D eigenvalue weighted by Crippen LogP contribution is -2.08. The van der Waals surface area contributed by atoms with Crippen molar-refractivity contribution in [3.63, 3.8) is 0 Å². The molecule has 0 fully saturated rings. The molecule has 0 radical (unpaired) electrons. The minimum Gasteiger partial charge on any atom is -0.490 e. The highest BCUT2D eigenvalue weighted by atomic mass is 16.5. The van der Waals surface area contributed by atoms with Gasteiger partial charge in [0.2, 0.25) is 5.88 Å². The van der Waals surface area contributed by atoms with Crippen molar-refractivity contribution >= 4 is 0 Å². The zero-order valence-corrected chi connectivity index (χ0v) is 10.3. The predicted molar refractivity (Wildman–Crippen MR) is 67.3 cm³/mol. The number of rotatable bonds is 4. The molecule has 0 saturated carbocycles. The first-order valence-corrected chi connectivity index (χ1v) is 5.66. The largest absolute Gasteiger partial charge is 0.490 e. The summed E-state index contributed by atoms with van der Waals surface area (Å²) < 4.78 is 11.0. The molecule has 0 atom stereocenters. The number of benzene rings is 1. The summed E-state index contributed by atoms with van der Waals surface area (Å²) in [5.41, 5.74) is -0.244. The highest BCUT2D eigenvalue weighted by Crippen LogP contribution is 2.29. The van der Waals surface area contributed by atoms with Crippen molar-refractivity contribution in [3.05, 3.63) is 46.5 Å². The third-order valence-electron chi connectivity index (χ3n) is 2.20. The Morgan fingerprint density at radius 3 is 2.67 bits per heavy atom. The smallest absolute Gasteiger partial charge is 0.254 e. The van der Waals surface area contributed by atoms with Crippen LogP contribution >= 0.6 is 0 Å². The summed E-state index contributed by atoms with van der Waals surface area (Å²) in [5.74, 6) is 1.92. The third-order valence-corrected chi connectivity index (χ3v) is 2.20. The van der Waals surface area contributed by atoms with Crippen molar-refractivity contribution in [2.45, 2.75) is 13.8 Å². The van der Waals surface area contributed by atoms with Crippen LogP contribution in [0.15, 0.2) is 35.1 Å². The Bertz CT molecular complexity index is 593. The number of aromatic nitrogens is 2. The second-order valence-electron chi connectivity index (χ2n) is 3.65. The van der Waals surface area contributed by atoms with Gasteiger partial charge in [0.05, 0.1) is 12.7 Å². The van der Waals surface area contributed by atoms with Gasteiger partial charge in [-0.1, -0.05) is 12.1 Å². The number of hydrogen-bond acceptors (Lipinski definition) is 4. The molecule has 0 saturated heterocycles. The van der Waals surface area contributed by atoms with E-state index in [9.17, 15) is 4.79 Å². The zero-order chi connectivity index (χ0) is 13.0. The lowest BCUT2D eigenvalue weighted by atomic mass is 10.3. The Kier molecular flexibility index (Phi) is 3.62. The Hall–Kier alpha value is -2.30. The summed E-state index contributed by atoms with van der Waals surface area (Å²) in [6.07, 6.45) is 0. The Morgan fingerprint density at radius 1 is 1.28 bits per heavy atom. The molecule has 1 aromatic carbocycles. The lowest BCUT2D eigenvalue weighted by molar-refractivity contribution is 0.319. The maximum atomic E-state index is 11.3. The normalized spacial score (nSPS) is 10.1. The van der Waals surface area contributed by atoms with Crippen LogP contribution in [0, 0.1) is 6.92 Å². The van der Waals surface area contributed by atoms with Gasteiger partial charge in [-0.3, -0.25) is 4.79 Å². The fraction of sp³-hybridized carbons (Fsp3) is 0.231. The molecule has 0 bridgehead atoms. The molecule has 0 aliphatic heterocycles. The lowest BCUT2D eigenvalue weighted by Gasteiger charge is -2.10. The summed E-state index contributed by atoms with van der Waals surface area (Å²) in [6.45, 7) is 4.14. The molecule has 0 aliphatic carbocycles. The monoisotopic (exact) mass is 246 g/mol. The summed E-state index contributed by atoms with van der Waals surface area (Å²) in [5, 5.41) is 0. The van der Waals surface area contributed by atoms with Crippen LogP contribution in [0.1, 0.15) is 12.7 Å². The van der Waals surface area contributed by atoms with E-state index in [4.69, 9.17) is 9.47 Å². The van der Waals surface area contributed by atoms with Gasteiger partial charge in [-0.2, -0.15) is 0 Å². The van der Waals surface area contributed by atoms with Gasteiger partial charge in [0.1, 0.15) is 5.82 Å². The first-order valence-electron chi connectivity index (χ1n) is 5.66. The molecule has 1 heterocycles. The second-order valence-corrected chi connectivity index (χ2v) is 3.65. The van der Waals surface area contributed by atoms with E-state index in [0.29, 0.717) is 23.9 Å². The first-order chi connectivity index (χ1) is 8.69. The van der Waals surface area contributed by atoms with Crippen LogP contribution in [-0.2, 0) is 0 Å². The van der Waals surface area contributed by atoms with E-state index in [1.807, 2.05) is 19.1 Å². The van der Waals surface area contributed by atoms with E-state index < -0.39 is 0 Å². The molecule has 0 amide bonds. The van der Waals surface area contributed by atoms with Crippen molar-refractivity contribution in [2.75, 3.05) is 6.61 Å². The molecule has 0 aliphatic rings. The third kappa shape index (κ3) is 2.88. The maximum absolute atomic E-state index is 11.3. The van der Waals surface area contributed by atoms with E-state index in [-0.39, 0.29) is 11.4 Å². The van der Waals surface area contributed by atoms with Crippen LogP contribution in [-0.4, -0.2) is 16.6 Å². The molecule has 0 unspecified atom stereocenters. The number of hydrogen-bond donors (Lipinski definition) is 1. The first kappa shape index (κ1) is 12.2. The van der Waals surface area contributed by atoms with Gasteiger partial charge >= 0.3 is 0 Å². The van der Waals surface area contributed by atoms with Crippen LogP contribution in [0.25, 0.3) is 0 Å². The van der Waals surface area contributed by atoms with Crippen LogP contribution < -0.4 is 15.0 Å². The Balaban J connectivity index is 2.30.